The van der Waals surface area contributed by atoms with Gasteiger partial charge in [-0.05, 0) is 37.1 Å². The molecule has 2 rings (SSSR count). The Morgan fingerprint density at radius 3 is 2.39 bits per heavy atom. The first-order valence-corrected chi connectivity index (χ1v) is 8.00. The van der Waals surface area contributed by atoms with Crippen molar-refractivity contribution in [2.24, 2.45) is 7.05 Å². The Bertz CT molecular complexity index is 914. The van der Waals surface area contributed by atoms with Gasteiger partial charge in [0.05, 0.1) is 6.33 Å². The number of carbonyl (C=O) groups excluding carboxylic acids is 2. The average Bonchev–Trinajstić information content (AvgIpc) is 3.09. The summed E-state index contributed by atoms with van der Waals surface area (Å²) in [6.07, 6.45) is -0.0137. The molecule has 1 heterocycles. The van der Waals surface area contributed by atoms with E-state index in [1.807, 2.05) is 5.32 Å². The Morgan fingerprint density at radius 2 is 1.89 bits per heavy atom. The van der Waals surface area contributed by atoms with Gasteiger partial charge < -0.3 is 15.0 Å². The van der Waals surface area contributed by atoms with Gasteiger partial charge in [0, 0.05) is 24.4 Å². The Balaban J connectivity index is 2.15. The molecule has 1 aromatic heterocycles. The number of aliphatic hydroxyl groups is 1. The van der Waals surface area contributed by atoms with Gasteiger partial charge in [-0.2, -0.15) is 0 Å². The number of rotatable bonds is 5. The lowest BCUT2D eigenvalue weighted by molar-refractivity contribution is -0.149. The number of amides is 2. The van der Waals surface area contributed by atoms with Gasteiger partial charge in [-0.25, -0.2) is 19.2 Å². The number of nitrogens with one attached hydrogen (secondary N) is 2. The van der Waals surface area contributed by atoms with Crippen molar-refractivity contribution >= 4 is 11.8 Å². The highest BCUT2D eigenvalue weighted by Gasteiger charge is 2.46. The number of carbonyl (C=O) groups is 2. The molecule has 8 nitrogen and oxygen atoms in total. The zero-order valence-electron chi connectivity index (χ0n) is 15.0. The van der Waals surface area contributed by atoms with Crippen LogP contribution in [0.5, 0.6) is 0 Å². The minimum Gasteiger partial charge on any atom is -0.381 e. The maximum absolute atomic E-state index is 13.0. The van der Waals surface area contributed by atoms with Crippen molar-refractivity contribution in [3.8, 4) is 11.8 Å². The summed E-state index contributed by atoms with van der Waals surface area (Å²) in [5.74, 6) is 3.42. The molecule has 1 aromatic carbocycles. The molecule has 0 bridgehead atoms. The monoisotopic (exact) mass is 392 g/mol. The smallest absolute Gasteiger partial charge is 0.269 e. The molecule has 2 amide bonds. The number of hydroxylamine groups is 1. The summed E-state index contributed by atoms with van der Waals surface area (Å²) >= 11 is 0. The molecule has 2 atom stereocenters. The van der Waals surface area contributed by atoms with Crippen LogP contribution in [0.4, 0.5) is 8.78 Å². The van der Waals surface area contributed by atoms with E-state index < -0.39 is 29.9 Å². The predicted octanol–water partition coefficient (Wildman–Crippen LogP) is 0.440. The van der Waals surface area contributed by atoms with E-state index >= 15 is 0 Å². The highest BCUT2D eigenvalue weighted by molar-refractivity contribution is 5.97. The third-order valence-electron chi connectivity index (χ3n) is 3.86. The fourth-order valence-electron chi connectivity index (χ4n) is 2.20. The van der Waals surface area contributed by atoms with Gasteiger partial charge in [0.15, 0.2) is 5.60 Å². The molecule has 0 radical (unpaired) electrons. The van der Waals surface area contributed by atoms with Crippen molar-refractivity contribution in [3.63, 3.8) is 0 Å². The third kappa shape index (κ3) is 4.91. The van der Waals surface area contributed by atoms with Gasteiger partial charge in [0.2, 0.25) is 0 Å². The average molecular weight is 392 g/mol. The van der Waals surface area contributed by atoms with Crippen LogP contribution in [0.1, 0.15) is 28.5 Å². The van der Waals surface area contributed by atoms with Crippen molar-refractivity contribution in [1.29, 1.82) is 0 Å². The molecule has 0 saturated heterocycles. The Hall–Kier alpha value is -3.29. The van der Waals surface area contributed by atoms with Crippen molar-refractivity contribution in [2.75, 3.05) is 0 Å². The lowest BCUT2D eigenvalue weighted by Gasteiger charge is -2.30. The van der Waals surface area contributed by atoms with Crippen molar-refractivity contribution in [1.82, 2.24) is 20.3 Å². The molecule has 0 aliphatic rings. The molecule has 1 unspecified atom stereocenters. The maximum Gasteiger partial charge on any atom is 0.269 e. The molecule has 2 aromatic rings. The Labute approximate surface area is 159 Å². The van der Waals surface area contributed by atoms with Crippen LogP contribution in [-0.2, 0) is 11.8 Å². The number of hydrogen-bond acceptors (Lipinski definition) is 5. The number of benzene rings is 1. The SMILES string of the molecule is Cn1cnc(C#Cc2ccc(C(=O)N[C@H](C(=O)NO)C(C)(O)C(F)F)cc2)c1. The van der Waals surface area contributed by atoms with Crippen LogP contribution in [-0.4, -0.2) is 49.7 Å². The van der Waals surface area contributed by atoms with Crippen molar-refractivity contribution in [3.05, 3.63) is 53.6 Å². The Kier molecular flexibility index (Phi) is 6.45. The van der Waals surface area contributed by atoms with Crippen LogP contribution in [0.2, 0.25) is 0 Å². The van der Waals surface area contributed by atoms with E-state index in [4.69, 9.17) is 5.21 Å². The van der Waals surface area contributed by atoms with Crippen LogP contribution in [0.15, 0.2) is 36.8 Å². The summed E-state index contributed by atoms with van der Waals surface area (Å²) in [5.41, 5.74) is -0.552. The van der Waals surface area contributed by atoms with Gasteiger partial charge in [-0.15, -0.1) is 0 Å². The van der Waals surface area contributed by atoms with E-state index in [2.05, 4.69) is 16.8 Å². The van der Waals surface area contributed by atoms with Crippen LogP contribution in [0, 0.1) is 11.8 Å². The fourth-order valence-corrected chi connectivity index (χ4v) is 2.20. The van der Waals surface area contributed by atoms with E-state index in [-0.39, 0.29) is 5.56 Å². The summed E-state index contributed by atoms with van der Waals surface area (Å²) in [4.78, 5) is 27.9. The number of aromatic nitrogens is 2. The first-order chi connectivity index (χ1) is 13.1. The molecule has 4 N–H and O–H groups in total. The molecule has 0 aliphatic heterocycles. The Morgan fingerprint density at radius 1 is 1.25 bits per heavy atom. The van der Waals surface area contributed by atoms with E-state index in [9.17, 15) is 23.5 Å². The molecular formula is C18H18F2N4O4. The zero-order chi connectivity index (χ0) is 20.9. The van der Waals surface area contributed by atoms with Crippen molar-refractivity contribution < 1.29 is 28.7 Å². The highest BCUT2D eigenvalue weighted by atomic mass is 19.3. The topological polar surface area (TPSA) is 116 Å². The number of aryl methyl sites for hydroxylation is 1. The molecular weight excluding hydrogens is 374 g/mol. The number of nitrogens with zero attached hydrogens (tertiary/aromatic N) is 2. The summed E-state index contributed by atoms with van der Waals surface area (Å²) in [6.45, 7) is 0.675. The molecule has 0 saturated carbocycles. The third-order valence-corrected chi connectivity index (χ3v) is 3.86. The second kappa shape index (κ2) is 8.60. The second-order valence-corrected chi connectivity index (χ2v) is 6.16. The quantitative estimate of drug-likeness (QED) is 0.335. The molecule has 0 fully saturated rings. The standard InChI is InChI=1S/C18H18F2N4O4/c1-18(27,17(19)20)14(16(26)23-28)22-15(25)12-6-3-11(4-7-12)5-8-13-9-24(2)10-21-13/h3-4,6-7,9-10,14,17,27-28H,1-2H3,(H,22,25)(H,23,26)/t14-,18?/m1/s1. The number of imidazole rings is 1. The van der Waals surface area contributed by atoms with Gasteiger partial charge in [-0.3, -0.25) is 14.8 Å². The van der Waals surface area contributed by atoms with Gasteiger partial charge in [-0.1, -0.05) is 5.92 Å². The van der Waals surface area contributed by atoms with E-state index in [0.29, 0.717) is 18.2 Å². The fraction of sp³-hybridized carbons (Fsp3) is 0.278. The minimum atomic E-state index is -3.35. The van der Waals surface area contributed by atoms with E-state index in [0.717, 1.165) is 5.48 Å². The summed E-state index contributed by atoms with van der Waals surface area (Å²) in [7, 11) is 1.81. The molecule has 148 valence electrons. The summed E-state index contributed by atoms with van der Waals surface area (Å²) in [6, 6.07) is 3.73. The largest absolute Gasteiger partial charge is 0.381 e. The maximum atomic E-state index is 13.0. The number of halogens is 2. The lowest BCUT2D eigenvalue weighted by atomic mass is 9.95. The van der Waals surface area contributed by atoms with E-state index in [1.54, 1.807) is 24.1 Å². The van der Waals surface area contributed by atoms with Crippen LogP contribution in [0.25, 0.3) is 0 Å². The second-order valence-electron chi connectivity index (χ2n) is 6.16. The zero-order valence-corrected chi connectivity index (χ0v) is 15.0. The molecule has 0 spiro atoms. The summed E-state index contributed by atoms with van der Waals surface area (Å²) in [5, 5.41) is 20.5. The molecule has 10 heteroatoms. The summed E-state index contributed by atoms with van der Waals surface area (Å²) < 4.78 is 27.8. The van der Waals surface area contributed by atoms with Crippen LogP contribution < -0.4 is 10.8 Å². The van der Waals surface area contributed by atoms with Gasteiger partial charge in [0.1, 0.15) is 11.7 Å². The predicted molar refractivity (Wildman–Crippen MR) is 93.4 cm³/mol. The van der Waals surface area contributed by atoms with Crippen molar-refractivity contribution in [2.45, 2.75) is 25.0 Å². The number of hydrogen-bond donors (Lipinski definition) is 4. The normalized spacial score (nSPS) is 13.8. The minimum absolute atomic E-state index is 0.0455. The number of alkyl halides is 2. The van der Waals surface area contributed by atoms with E-state index in [1.165, 1.54) is 24.3 Å². The first-order valence-electron chi connectivity index (χ1n) is 8.00. The molecule has 28 heavy (non-hydrogen) atoms. The van der Waals surface area contributed by atoms with Gasteiger partial charge in [0.25, 0.3) is 18.2 Å². The van der Waals surface area contributed by atoms with Gasteiger partial charge >= 0.3 is 0 Å². The molecule has 0 aliphatic carbocycles. The first kappa shape index (κ1) is 21.0. The van der Waals surface area contributed by atoms with Crippen LogP contribution in [0.3, 0.4) is 0 Å². The lowest BCUT2D eigenvalue weighted by Crippen LogP contribution is -2.61. The highest BCUT2D eigenvalue weighted by Crippen LogP contribution is 2.20. The van der Waals surface area contributed by atoms with Crippen LogP contribution >= 0.6 is 0 Å².